The summed E-state index contributed by atoms with van der Waals surface area (Å²) in [5, 5.41) is 8.86. The quantitative estimate of drug-likeness (QED) is 0.705. The van der Waals surface area contributed by atoms with Crippen LogP contribution in [0.5, 0.6) is 0 Å². The number of aliphatic hydroxyl groups excluding tert-OH is 1. The molecule has 0 saturated carbocycles. The summed E-state index contributed by atoms with van der Waals surface area (Å²) in [6.07, 6.45) is 0. The van der Waals surface area contributed by atoms with Gasteiger partial charge in [0, 0.05) is 12.5 Å². The minimum atomic E-state index is 0.0544. The van der Waals surface area contributed by atoms with Crippen LogP contribution in [0.15, 0.2) is 30.3 Å². The fourth-order valence-corrected chi connectivity index (χ4v) is 1.11. The number of hydrogen-bond donors (Lipinski definition) is 2. The van der Waals surface area contributed by atoms with Crippen molar-refractivity contribution in [1.29, 1.82) is 0 Å². The predicted octanol–water partition coefficient (Wildman–Crippen LogP) is 0.770. The van der Waals surface area contributed by atoms with E-state index in [1.165, 1.54) is 0 Å². The van der Waals surface area contributed by atoms with Gasteiger partial charge in [-0.2, -0.15) is 0 Å². The van der Waals surface area contributed by atoms with Crippen molar-refractivity contribution in [3.63, 3.8) is 0 Å². The molecule has 1 aromatic rings. The van der Waals surface area contributed by atoms with Crippen LogP contribution in [0, 0.1) is 5.92 Å². The third-order valence-electron chi connectivity index (χ3n) is 2.06. The van der Waals surface area contributed by atoms with Gasteiger partial charge in [-0.05, 0) is 12.1 Å². The molecule has 0 aliphatic heterocycles. The molecular formula is C11H17NO2. The highest BCUT2D eigenvalue weighted by molar-refractivity contribution is 5.13. The molecule has 78 valence electrons. The third-order valence-corrected chi connectivity index (χ3v) is 2.06. The van der Waals surface area contributed by atoms with Crippen LogP contribution in [0.2, 0.25) is 0 Å². The smallest absolute Gasteiger partial charge is 0.0717 e. The van der Waals surface area contributed by atoms with Crippen LogP contribution in [-0.2, 0) is 11.3 Å². The molecule has 0 aliphatic carbocycles. The molecule has 0 heterocycles. The summed E-state index contributed by atoms with van der Waals surface area (Å²) in [6.45, 7) is 1.65. The van der Waals surface area contributed by atoms with E-state index in [0.29, 0.717) is 19.8 Å². The Morgan fingerprint density at radius 1 is 1.29 bits per heavy atom. The Morgan fingerprint density at radius 3 is 2.57 bits per heavy atom. The topological polar surface area (TPSA) is 55.5 Å². The largest absolute Gasteiger partial charge is 0.396 e. The van der Waals surface area contributed by atoms with Crippen molar-refractivity contribution in [3.05, 3.63) is 35.9 Å². The van der Waals surface area contributed by atoms with Crippen molar-refractivity contribution < 1.29 is 9.84 Å². The minimum Gasteiger partial charge on any atom is -0.396 e. The Balaban J connectivity index is 2.21. The lowest BCUT2D eigenvalue weighted by Crippen LogP contribution is -2.23. The number of hydrogen-bond acceptors (Lipinski definition) is 3. The van der Waals surface area contributed by atoms with Crippen LogP contribution < -0.4 is 5.73 Å². The van der Waals surface area contributed by atoms with Crippen molar-refractivity contribution in [3.8, 4) is 0 Å². The van der Waals surface area contributed by atoms with E-state index in [1.54, 1.807) is 0 Å². The molecule has 1 atom stereocenters. The molecule has 0 amide bonds. The van der Waals surface area contributed by atoms with E-state index in [1.807, 2.05) is 30.3 Å². The second-order valence-corrected chi connectivity index (χ2v) is 3.29. The molecule has 3 N–H and O–H groups in total. The number of nitrogens with two attached hydrogens (primary N) is 1. The van der Waals surface area contributed by atoms with Crippen molar-refractivity contribution >= 4 is 0 Å². The van der Waals surface area contributed by atoms with Crippen LogP contribution in [0.3, 0.4) is 0 Å². The van der Waals surface area contributed by atoms with Crippen LogP contribution in [0.1, 0.15) is 5.56 Å². The molecule has 1 aromatic carbocycles. The monoisotopic (exact) mass is 195 g/mol. The Hall–Kier alpha value is -0.900. The highest BCUT2D eigenvalue weighted by Crippen LogP contribution is 2.02. The van der Waals surface area contributed by atoms with Gasteiger partial charge < -0.3 is 15.6 Å². The van der Waals surface area contributed by atoms with Gasteiger partial charge in [0.2, 0.25) is 0 Å². The first-order valence-corrected chi connectivity index (χ1v) is 4.79. The second-order valence-electron chi connectivity index (χ2n) is 3.29. The molecule has 0 aliphatic rings. The zero-order chi connectivity index (χ0) is 10.2. The summed E-state index contributed by atoms with van der Waals surface area (Å²) >= 11 is 0. The van der Waals surface area contributed by atoms with Gasteiger partial charge in [-0.25, -0.2) is 0 Å². The molecule has 0 radical (unpaired) electrons. The normalized spacial score (nSPS) is 12.7. The van der Waals surface area contributed by atoms with Crippen LogP contribution >= 0.6 is 0 Å². The molecule has 0 fully saturated rings. The van der Waals surface area contributed by atoms with E-state index in [2.05, 4.69) is 0 Å². The Labute approximate surface area is 84.5 Å². The SMILES string of the molecule is NCC(CO)COCc1ccccc1. The molecule has 3 nitrogen and oxygen atoms in total. The van der Waals surface area contributed by atoms with Gasteiger partial charge in [-0.15, -0.1) is 0 Å². The van der Waals surface area contributed by atoms with E-state index in [4.69, 9.17) is 15.6 Å². The van der Waals surface area contributed by atoms with E-state index in [0.717, 1.165) is 5.56 Å². The lowest BCUT2D eigenvalue weighted by molar-refractivity contribution is 0.0660. The van der Waals surface area contributed by atoms with Gasteiger partial charge in [0.05, 0.1) is 13.2 Å². The molecule has 0 bridgehead atoms. The van der Waals surface area contributed by atoms with Crippen molar-refractivity contribution in [2.75, 3.05) is 19.8 Å². The van der Waals surface area contributed by atoms with Crippen molar-refractivity contribution in [2.45, 2.75) is 6.61 Å². The first kappa shape index (κ1) is 11.2. The minimum absolute atomic E-state index is 0.0544. The Bertz CT molecular complexity index is 234. The first-order valence-electron chi connectivity index (χ1n) is 4.79. The molecule has 14 heavy (non-hydrogen) atoms. The summed E-state index contributed by atoms with van der Waals surface area (Å²) in [5.74, 6) is 0.0544. The molecule has 0 spiro atoms. The maximum Gasteiger partial charge on any atom is 0.0717 e. The van der Waals surface area contributed by atoms with E-state index < -0.39 is 0 Å². The maximum atomic E-state index is 8.86. The zero-order valence-electron chi connectivity index (χ0n) is 8.23. The summed E-state index contributed by atoms with van der Waals surface area (Å²) < 4.78 is 5.42. The summed E-state index contributed by atoms with van der Waals surface area (Å²) in [4.78, 5) is 0. The number of aliphatic hydroxyl groups is 1. The van der Waals surface area contributed by atoms with Gasteiger partial charge in [0.25, 0.3) is 0 Å². The highest BCUT2D eigenvalue weighted by atomic mass is 16.5. The lowest BCUT2D eigenvalue weighted by atomic mass is 10.2. The van der Waals surface area contributed by atoms with E-state index >= 15 is 0 Å². The molecule has 3 heteroatoms. The Kier molecular flexibility index (Phi) is 5.22. The average molecular weight is 195 g/mol. The fraction of sp³-hybridized carbons (Fsp3) is 0.455. The molecule has 1 unspecified atom stereocenters. The fourth-order valence-electron chi connectivity index (χ4n) is 1.11. The molecular weight excluding hydrogens is 178 g/mol. The average Bonchev–Trinajstić information content (AvgIpc) is 2.26. The van der Waals surface area contributed by atoms with Crippen LogP contribution in [0.25, 0.3) is 0 Å². The highest BCUT2D eigenvalue weighted by Gasteiger charge is 2.04. The second kappa shape index (κ2) is 6.54. The maximum absolute atomic E-state index is 8.86. The Morgan fingerprint density at radius 2 is 2.00 bits per heavy atom. The number of ether oxygens (including phenoxy) is 1. The number of benzene rings is 1. The van der Waals surface area contributed by atoms with Gasteiger partial charge in [-0.1, -0.05) is 30.3 Å². The van der Waals surface area contributed by atoms with Gasteiger partial charge in [0.1, 0.15) is 0 Å². The summed E-state index contributed by atoms with van der Waals surface area (Å²) in [6, 6.07) is 9.95. The molecule has 0 saturated heterocycles. The standard InChI is InChI=1S/C11H17NO2/c12-6-11(7-13)9-14-8-10-4-2-1-3-5-10/h1-5,11,13H,6-9,12H2. The lowest BCUT2D eigenvalue weighted by Gasteiger charge is -2.11. The van der Waals surface area contributed by atoms with E-state index in [-0.39, 0.29) is 12.5 Å². The van der Waals surface area contributed by atoms with Crippen molar-refractivity contribution in [1.82, 2.24) is 0 Å². The summed E-state index contributed by atoms with van der Waals surface area (Å²) in [7, 11) is 0. The van der Waals surface area contributed by atoms with Crippen LogP contribution in [0.4, 0.5) is 0 Å². The molecule has 1 rings (SSSR count). The zero-order valence-corrected chi connectivity index (χ0v) is 8.23. The van der Waals surface area contributed by atoms with Crippen LogP contribution in [-0.4, -0.2) is 24.9 Å². The number of rotatable bonds is 6. The third kappa shape index (κ3) is 3.87. The molecule has 0 aromatic heterocycles. The van der Waals surface area contributed by atoms with Gasteiger partial charge in [0.15, 0.2) is 0 Å². The summed E-state index contributed by atoms with van der Waals surface area (Å²) in [5.41, 5.74) is 6.56. The van der Waals surface area contributed by atoms with Gasteiger partial charge >= 0.3 is 0 Å². The van der Waals surface area contributed by atoms with Crippen molar-refractivity contribution in [2.24, 2.45) is 11.7 Å². The first-order chi connectivity index (χ1) is 6.86. The van der Waals surface area contributed by atoms with Gasteiger partial charge in [-0.3, -0.25) is 0 Å². The predicted molar refractivity (Wildman–Crippen MR) is 55.7 cm³/mol. The van der Waals surface area contributed by atoms with E-state index in [9.17, 15) is 0 Å².